The molecule has 0 spiro atoms. The second-order valence-electron chi connectivity index (χ2n) is 8.85. The van der Waals surface area contributed by atoms with Gasteiger partial charge in [0.2, 0.25) is 0 Å². The third kappa shape index (κ3) is 3.68. The molecule has 1 aliphatic carbocycles. The monoisotopic (exact) mass is 384 g/mol. The minimum absolute atomic E-state index is 0.0307. The van der Waals surface area contributed by atoms with E-state index in [0.29, 0.717) is 23.1 Å². The van der Waals surface area contributed by atoms with Crippen LogP contribution in [0.3, 0.4) is 0 Å². The first-order chi connectivity index (χ1) is 13.3. The highest BCUT2D eigenvalue weighted by Crippen LogP contribution is 2.53. The highest BCUT2D eigenvalue weighted by atomic mass is 19.1. The Morgan fingerprint density at radius 2 is 1.82 bits per heavy atom. The van der Waals surface area contributed by atoms with E-state index < -0.39 is 0 Å². The van der Waals surface area contributed by atoms with Crippen LogP contribution in [0.5, 0.6) is 5.75 Å². The smallest absolute Gasteiger partial charge is 0.129 e. The third-order valence-electron chi connectivity index (χ3n) is 6.73. The summed E-state index contributed by atoms with van der Waals surface area (Å²) < 4.78 is 26.0. The summed E-state index contributed by atoms with van der Waals surface area (Å²) in [6, 6.07) is 14.6. The molecule has 1 aliphatic heterocycles. The van der Waals surface area contributed by atoms with E-state index >= 15 is 0 Å². The van der Waals surface area contributed by atoms with Gasteiger partial charge in [0.25, 0.3) is 0 Å². The molecule has 2 bridgehead atoms. The molecule has 0 aromatic heterocycles. The number of aliphatic hydroxyl groups excluding tert-OH is 1. The fourth-order valence-corrected chi connectivity index (χ4v) is 4.75. The molecule has 1 saturated heterocycles. The first-order valence-corrected chi connectivity index (χ1v) is 10.2. The average molecular weight is 384 g/mol. The number of aliphatic hydroxyl groups is 1. The normalized spacial score (nSPS) is 31.4. The van der Waals surface area contributed by atoms with Crippen molar-refractivity contribution in [3.63, 3.8) is 0 Å². The molecule has 2 aliphatic rings. The lowest BCUT2D eigenvalue weighted by Crippen LogP contribution is -2.52. The number of ether oxygens (including phenoxy) is 2. The van der Waals surface area contributed by atoms with Gasteiger partial charge in [-0.25, -0.2) is 4.39 Å². The minimum atomic E-state index is -0.266. The predicted molar refractivity (Wildman–Crippen MR) is 106 cm³/mol. The Labute approximate surface area is 166 Å². The summed E-state index contributed by atoms with van der Waals surface area (Å²) in [6.07, 6.45) is 1.61. The molecule has 150 valence electrons. The molecule has 2 aromatic carbocycles. The molecule has 0 radical (unpaired) electrons. The van der Waals surface area contributed by atoms with E-state index in [1.54, 1.807) is 18.2 Å². The summed E-state index contributed by atoms with van der Waals surface area (Å²) in [6.45, 7) is 6.60. The van der Waals surface area contributed by atoms with Gasteiger partial charge < -0.3 is 14.6 Å². The Balaban J connectivity index is 1.49. The molecule has 1 N–H and O–H groups in total. The zero-order chi connectivity index (χ0) is 19.9. The lowest BCUT2D eigenvalue weighted by molar-refractivity contribution is -0.215. The van der Waals surface area contributed by atoms with Crippen LogP contribution in [0.2, 0.25) is 0 Å². The maximum absolute atomic E-state index is 13.7. The van der Waals surface area contributed by atoms with Gasteiger partial charge in [0.15, 0.2) is 0 Å². The number of halogens is 1. The predicted octanol–water partition coefficient (Wildman–Crippen LogP) is 5.28. The van der Waals surface area contributed by atoms with E-state index in [1.165, 1.54) is 6.07 Å². The molecule has 0 amide bonds. The molecule has 3 nitrogen and oxygen atoms in total. The van der Waals surface area contributed by atoms with Crippen LogP contribution < -0.4 is 4.74 Å². The lowest BCUT2D eigenvalue weighted by Gasteiger charge is -2.53. The second-order valence-corrected chi connectivity index (χ2v) is 8.85. The van der Waals surface area contributed by atoms with Gasteiger partial charge in [-0.2, -0.15) is 0 Å². The fraction of sp³-hybridized carbons (Fsp3) is 0.500. The lowest BCUT2D eigenvalue weighted by atomic mass is 9.63. The summed E-state index contributed by atoms with van der Waals surface area (Å²) >= 11 is 0. The van der Waals surface area contributed by atoms with Crippen LogP contribution in [-0.2, 0) is 11.3 Å². The van der Waals surface area contributed by atoms with Crippen molar-refractivity contribution in [3.05, 3.63) is 65.5 Å². The van der Waals surface area contributed by atoms with Crippen LogP contribution in [0.4, 0.5) is 4.39 Å². The highest BCUT2D eigenvalue weighted by molar-refractivity contribution is 5.30. The number of fused-ring (bicyclic) bond motifs is 2. The number of benzene rings is 2. The Morgan fingerprint density at radius 1 is 1.11 bits per heavy atom. The van der Waals surface area contributed by atoms with E-state index in [9.17, 15) is 9.50 Å². The molecular formula is C24H29FO3. The topological polar surface area (TPSA) is 38.7 Å². The second kappa shape index (κ2) is 7.49. The molecule has 2 aromatic rings. The van der Waals surface area contributed by atoms with Crippen molar-refractivity contribution in [1.82, 2.24) is 0 Å². The van der Waals surface area contributed by atoms with Crippen LogP contribution in [0.15, 0.2) is 48.5 Å². The number of hydrogen-bond donors (Lipinski definition) is 1. The zero-order valence-electron chi connectivity index (χ0n) is 16.8. The maximum Gasteiger partial charge on any atom is 0.129 e. The molecule has 1 heterocycles. The summed E-state index contributed by atoms with van der Waals surface area (Å²) in [5.41, 5.74) is 1.40. The van der Waals surface area contributed by atoms with Crippen LogP contribution in [0.25, 0.3) is 0 Å². The molecule has 5 atom stereocenters. The van der Waals surface area contributed by atoms with Gasteiger partial charge in [0.1, 0.15) is 18.2 Å². The molecule has 4 rings (SSSR count). The summed E-state index contributed by atoms with van der Waals surface area (Å²) in [7, 11) is 0. The van der Waals surface area contributed by atoms with Crippen molar-refractivity contribution in [2.45, 2.75) is 58.0 Å². The average Bonchev–Trinajstić information content (AvgIpc) is 2.68. The third-order valence-corrected chi connectivity index (χ3v) is 6.73. The maximum atomic E-state index is 13.7. The van der Waals surface area contributed by atoms with Gasteiger partial charge >= 0.3 is 0 Å². The van der Waals surface area contributed by atoms with Crippen molar-refractivity contribution in [1.29, 1.82) is 0 Å². The van der Waals surface area contributed by atoms with Gasteiger partial charge in [0, 0.05) is 5.56 Å². The van der Waals surface area contributed by atoms with E-state index in [2.05, 4.69) is 20.8 Å². The Bertz CT molecular complexity index is 817. The fourth-order valence-electron chi connectivity index (χ4n) is 4.75. The first kappa shape index (κ1) is 19.4. The number of hydrogen-bond acceptors (Lipinski definition) is 3. The van der Waals surface area contributed by atoms with Crippen LogP contribution in [0, 0.1) is 23.6 Å². The van der Waals surface area contributed by atoms with Crippen molar-refractivity contribution in [3.8, 4) is 5.75 Å². The van der Waals surface area contributed by atoms with Gasteiger partial charge in [-0.15, -0.1) is 0 Å². The van der Waals surface area contributed by atoms with E-state index in [0.717, 1.165) is 18.4 Å². The van der Waals surface area contributed by atoms with Gasteiger partial charge in [-0.3, -0.25) is 0 Å². The summed E-state index contributed by atoms with van der Waals surface area (Å²) in [4.78, 5) is 0. The molecule has 1 saturated carbocycles. The van der Waals surface area contributed by atoms with E-state index in [1.807, 2.05) is 24.3 Å². The first-order valence-electron chi connectivity index (χ1n) is 10.2. The van der Waals surface area contributed by atoms with Crippen LogP contribution in [0.1, 0.15) is 50.8 Å². The van der Waals surface area contributed by atoms with Crippen molar-refractivity contribution in [2.24, 2.45) is 17.8 Å². The summed E-state index contributed by atoms with van der Waals surface area (Å²) in [5, 5.41) is 10.5. The van der Waals surface area contributed by atoms with Gasteiger partial charge in [-0.05, 0) is 68.2 Å². The van der Waals surface area contributed by atoms with Crippen molar-refractivity contribution >= 4 is 0 Å². The molecule has 2 unspecified atom stereocenters. The zero-order valence-corrected chi connectivity index (χ0v) is 16.8. The Kier molecular flexibility index (Phi) is 5.19. The van der Waals surface area contributed by atoms with Crippen molar-refractivity contribution < 1.29 is 19.0 Å². The number of rotatable bonds is 4. The Hall–Kier alpha value is -1.91. The quantitative estimate of drug-likeness (QED) is 0.780. The molecule has 28 heavy (non-hydrogen) atoms. The Morgan fingerprint density at radius 3 is 2.54 bits per heavy atom. The van der Waals surface area contributed by atoms with Crippen LogP contribution in [-0.4, -0.2) is 16.8 Å². The van der Waals surface area contributed by atoms with Gasteiger partial charge in [0.05, 0.1) is 17.8 Å². The molecule has 4 heteroatoms. The SMILES string of the molecule is C[C@H]1C2CC(C[C@@H]1O)C(C)(C)O[C@H]2c1ccc(OCc2ccccc2F)cc1. The standard InChI is InChI=1S/C24H29FO3/c1-15-20-12-18(13-22(15)26)24(2,3)28-23(20)16-8-10-19(11-9-16)27-14-17-6-4-5-7-21(17)25/h4-11,15,18,20,22-23,26H,12-14H2,1-3H3/t15-,18?,20?,22-,23-/m0/s1. The van der Waals surface area contributed by atoms with Crippen LogP contribution >= 0.6 is 0 Å². The van der Waals surface area contributed by atoms with Crippen molar-refractivity contribution in [2.75, 3.05) is 0 Å². The largest absolute Gasteiger partial charge is 0.489 e. The highest BCUT2D eigenvalue weighted by Gasteiger charge is 2.50. The molecule has 2 fully saturated rings. The van der Waals surface area contributed by atoms with E-state index in [-0.39, 0.29) is 36.2 Å². The summed E-state index contributed by atoms with van der Waals surface area (Å²) in [5.74, 6) is 1.37. The molecular weight excluding hydrogens is 355 g/mol. The minimum Gasteiger partial charge on any atom is -0.489 e. The van der Waals surface area contributed by atoms with E-state index in [4.69, 9.17) is 9.47 Å². The van der Waals surface area contributed by atoms with Gasteiger partial charge in [-0.1, -0.05) is 37.3 Å².